The molecule has 3 heteroatoms. The predicted molar refractivity (Wildman–Crippen MR) is 270 cm³/mol. The molecule has 0 N–H and O–H groups in total. The quantitative estimate of drug-likeness (QED) is 0.148. The first-order valence-electron chi connectivity index (χ1n) is 21.5. The van der Waals surface area contributed by atoms with Crippen molar-refractivity contribution in [3.05, 3.63) is 243 Å². The van der Waals surface area contributed by atoms with Gasteiger partial charge in [-0.15, -0.1) is 11.3 Å². The molecule has 2 heterocycles. The lowest BCUT2D eigenvalue weighted by Crippen LogP contribution is -2.11. The Morgan fingerprint density at radius 3 is 1.65 bits per heavy atom. The van der Waals surface area contributed by atoms with Crippen LogP contribution in [0.1, 0.15) is 0 Å². The normalized spacial score (nSPS) is 11.5. The lowest BCUT2D eigenvalue weighted by atomic mass is 9.96. The fourth-order valence-corrected chi connectivity index (χ4v) is 10.7. The van der Waals surface area contributed by atoms with E-state index in [1.807, 2.05) is 11.3 Å². The second-order valence-corrected chi connectivity index (χ2v) is 17.1. The number of rotatable bonds is 8. The highest BCUT2D eigenvalue weighted by atomic mass is 32.1. The van der Waals surface area contributed by atoms with Gasteiger partial charge < -0.3 is 9.47 Å². The van der Waals surface area contributed by atoms with Crippen LogP contribution in [0.15, 0.2) is 243 Å². The van der Waals surface area contributed by atoms with Crippen LogP contribution in [0.2, 0.25) is 0 Å². The molecule has 296 valence electrons. The van der Waals surface area contributed by atoms with E-state index >= 15 is 0 Å². The molecule has 0 aliphatic rings. The maximum atomic E-state index is 2.49. The Balaban J connectivity index is 1.09. The second-order valence-electron chi connectivity index (χ2n) is 16.1. The van der Waals surface area contributed by atoms with Crippen LogP contribution in [0.25, 0.3) is 92.2 Å². The smallest absolute Gasteiger partial charge is 0.0562 e. The third-order valence-electron chi connectivity index (χ3n) is 12.4. The zero-order valence-corrected chi connectivity index (χ0v) is 35.2. The fraction of sp³-hybridized carbons (Fsp3) is 0. The van der Waals surface area contributed by atoms with E-state index < -0.39 is 0 Å². The fourth-order valence-electron chi connectivity index (χ4n) is 9.47. The third-order valence-corrected chi connectivity index (χ3v) is 13.6. The van der Waals surface area contributed by atoms with Crippen molar-refractivity contribution in [1.29, 1.82) is 0 Å². The molecule has 12 aromatic rings. The van der Waals surface area contributed by atoms with Gasteiger partial charge in [0.15, 0.2) is 0 Å². The van der Waals surface area contributed by atoms with Gasteiger partial charge in [-0.25, -0.2) is 0 Å². The van der Waals surface area contributed by atoms with E-state index in [2.05, 4.69) is 252 Å². The Labute approximate surface area is 370 Å². The van der Waals surface area contributed by atoms with Crippen molar-refractivity contribution in [2.24, 2.45) is 0 Å². The molecular formula is C60H40N2S. The molecule has 0 saturated carbocycles. The van der Waals surface area contributed by atoms with Crippen LogP contribution in [0, 0.1) is 0 Å². The number of anilines is 3. The Hall–Kier alpha value is -7.98. The van der Waals surface area contributed by atoms with Gasteiger partial charge in [0.1, 0.15) is 0 Å². The van der Waals surface area contributed by atoms with Crippen LogP contribution < -0.4 is 4.90 Å². The summed E-state index contributed by atoms with van der Waals surface area (Å²) in [6.07, 6.45) is 0. The first kappa shape index (κ1) is 36.8. The first-order valence-corrected chi connectivity index (χ1v) is 22.3. The van der Waals surface area contributed by atoms with Gasteiger partial charge in [0.2, 0.25) is 0 Å². The second kappa shape index (κ2) is 15.5. The minimum atomic E-state index is 1.08. The number of para-hydroxylation sites is 2. The van der Waals surface area contributed by atoms with Gasteiger partial charge in [0.05, 0.1) is 22.4 Å². The van der Waals surface area contributed by atoms with Crippen LogP contribution in [-0.4, -0.2) is 4.57 Å². The maximum absolute atomic E-state index is 2.49. The van der Waals surface area contributed by atoms with E-state index in [0.717, 1.165) is 28.3 Å². The van der Waals surface area contributed by atoms with Crippen LogP contribution >= 0.6 is 11.3 Å². The Morgan fingerprint density at radius 2 is 0.873 bits per heavy atom. The lowest BCUT2D eigenvalue weighted by Gasteiger charge is -2.28. The van der Waals surface area contributed by atoms with Crippen molar-refractivity contribution < 1.29 is 0 Å². The largest absolute Gasteiger partial charge is 0.310 e. The van der Waals surface area contributed by atoms with E-state index in [-0.39, 0.29) is 0 Å². The molecule has 0 aliphatic heterocycles. The van der Waals surface area contributed by atoms with E-state index in [9.17, 15) is 0 Å². The Morgan fingerprint density at radius 1 is 0.317 bits per heavy atom. The number of nitrogens with zero attached hydrogens (tertiary/aromatic N) is 2. The lowest BCUT2D eigenvalue weighted by molar-refractivity contribution is 1.18. The monoisotopic (exact) mass is 820 g/mol. The summed E-state index contributed by atoms with van der Waals surface area (Å²) in [6.45, 7) is 0. The molecule has 0 atom stereocenters. The van der Waals surface area contributed by atoms with Crippen LogP contribution in [0.4, 0.5) is 17.1 Å². The first-order chi connectivity index (χ1) is 31.3. The number of hydrogen-bond donors (Lipinski definition) is 0. The van der Waals surface area contributed by atoms with Crippen molar-refractivity contribution in [3.8, 4) is 50.2 Å². The molecule has 0 unspecified atom stereocenters. The molecule has 0 amide bonds. The van der Waals surface area contributed by atoms with Gasteiger partial charge >= 0.3 is 0 Å². The van der Waals surface area contributed by atoms with Gasteiger partial charge in [0, 0.05) is 53.4 Å². The zero-order valence-electron chi connectivity index (χ0n) is 34.4. The summed E-state index contributed by atoms with van der Waals surface area (Å²) >= 11 is 1.88. The summed E-state index contributed by atoms with van der Waals surface area (Å²) in [7, 11) is 0. The summed E-state index contributed by atoms with van der Waals surface area (Å²) < 4.78 is 5.12. The number of fused-ring (bicyclic) bond motifs is 6. The zero-order chi connectivity index (χ0) is 41.7. The molecule has 0 spiro atoms. The van der Waals surface area contributed by atoms with E-state index in [4.69, 9.17) is 0 Å². The summed E-state index contributed by atoms with van der Waals surface area (Å²) in [6, 6.07) is 88.4. The van der Waals surface area contributed by atoms with Crippen molar-refractivity contribution in [1.82, 2.24) is 4.57 Å². The number of aromatic nitrogens is 1. The summed E-state index contributed by atoms with van der Waals surface area (Å²) in [5.74, 6) is 0. The average Bonchev–Trinajstić information content (AvgIpc) is 3.91. The van der Waals surface area contributed by atoms with Crippen molar-refractivity contribution in [2.45, 2.75) is 0 Å². The molecule has 2 aromatic heterocycles. The highest BCUT2D eigenvalue weighted by molar-refractivity contribution is 7.26. The predicted octanol–water partition coefficient (Wildman–Crippen LogP) is 17.3. The summed E-state index contributed by atoms with van der Waals surface area (Å²) in [5, 5.41) is 5.05. The minimum Gasteiger partial charge on any atom is -0.310 e. The molecule has 0 saturated heterocycles. The number of thiophene rings is 1. The molecular weight excluding hydrogens is 781 g/mol. The highest BCUT2D eigenvalue weighted by Gasteiger charge is 2.22. The van der Waals surface area contributed by atoms with Gasteiger partial charge in [-0.05, 0) is 88.0 Å². The molecule has 0 bridgehead atoms. The van der Waals surface area contributed by atoms with Crippen molar-refractivity contribution in [3.63, 3.8) is 0 Å². The SMILES string of the molecule is c1ccc(-c2ccc(N(c3ccc4c5ccccc5n(-c5ccc(-c6cccc7c6sc6ccccc67)cc5-c5ccccc5)c4c3)c3ccccc3-c3ccccc3)cc2)cc1. The van der Waals surface area contributed by atoms with Crippen molar-refractivity contribution >= 4 is 70.4 Å². The Bertz CT molecular complexity index is 3600. The van der Waals surface area contributed by atoms with E-state index in [0.29, 0.717) is 0 Å². The van der Waals surface area contributed by atoms with Crippen LogP contribution in [0.5, 0.6) is 0 Å². The van der Waals surface area contributed by atoms with Gasteiger partial charge in [-0.1, -0.05) is 188 Å². The molecule has 0 radical (unpaired) electrons. The molecule has 2 nitrogen and oxygen atoms in total. The summed E-state index contributed by atoms with van der Waals surface area (Å²) in [5.41, 5.74) is 16.3. The topological polar surface area (TPSA) is 8.17 Å². The van der Waals surface area contributed by atoms with Crippen LogP contribution in [-0.2, 0) is 0 Å². The highest BCUT2D eigenvalue weighted by Crippen LogP contribution is 2.46. The summed E-state index contributed by atoms with van der Waals surface area (Å²) in [4.78, 5) is 2.42. The van der Waals surface area contributed by atoms with E-state index in [1.165, 1.54) is 81.0 Å². The number of hydrogen-bond acceptors (Lipinski definition) is 2. The standard InChI is InChI=1S/C60H40N2S/c1-4-17-41(18-5-1)42-31-34-46(35-32-42)61(55-28-13-10-23-48(55)43-19-6-2-7-20-43)47-36-37-51-50-24-11-14-29-56(50)62(58(51)40-47)57-38-33-45(39-54(57)44-21-8-3-9-22-44)49-26-16-27-53-52-25-12-15-30-59(52)63-60(49)53/h1-40H. The average molecular weight is 821 g/mol. The van der Waals surface area contributed by atoms with Gasteiger partial charge in [-0.3, -0.25) is 0 Å². The van der Waals surface area contributed by atoms with Gasteiger partial charge in [-0.2, -0.15) is 0 Å². The molecule has 12 rings (SSSR count). The molecule has 63 heavy (non-hydrogen) atoms. The maximum Gasteiger partial charge on any atom is 0.0562 e. The van der Waals surface area contributed by atoms with Gasteiger partial charge in [0.25, 0.3) is 0 Å². The van der Waals surface area contributed by atoms with Crippen molar-refractivity contribution in [2.75, 3.05) is 4.90 Å². The molecule has 0 aliphatic carbocycles. The third kappa shape index (κ3) is 6.41. The van der Waals surface area contributed by atoms with Crippen LogP contribution in [0.3, 0.4) is 0 Å². The minimum absolute atomic E-state index is 1.08. The number of benzene rings is 10. The Kier molecular flexibility index (Phi) is 9.06. The van der Waals surface area contributed by atoms with E-state index in [1.54, 1.807) is 0 Å². The molecule has 0 fully saturated rings. The molecule has 10 aromatic carbocycles.